The van der Waals surface area contributed by atoms with E-state index in [-0.39, 0.29) is 32.1 Å². The predicted octanol–water partition coefficient (Wildman–Crippen LogP) is 1.99. The second-order valence-electron chi connectivity index (χ2n) is 5.80. The first-order valence-corrected chi connectivity index (χ1v) is 8.93. The van der Waals surface area contributed by atoms with Crippen LogP contribution >= 0.6 is 23.2 Å². The molecule has 10 heteroatoms. The molecule has 3 amide bonds. The minimum atomic E-state index is -0.513. The van der Waals surface area contributed by atoms with Crippen LogP contribution in [0.15, 0.2) is 29.5 Å². The van der Waals surface area contributed by atoms with Crippen LogP contribution in [0, 0.1) is 0 Å². The first-order valence-electron chi connectivity index (χ1n) is 8.18. The Morgan fingerprint density at radius 1 is 1.30 bits per heavy atom. The van der Waals surface area contributed by atoms with E-state index >= 15 is 0 Å². The van der Waals surface area contributed by atoms with Gasteiger partial charge in [-0.25, -0.2) is 9.59 Å². The topological polar surface area (TPSA) is 99.8 Å². The van der Waals surface area contributed by atoms with Gasteiger partial charge in [-0.2, -0.15) is 0 Å². The molecule has 0 aromatic heterocycles. The Morgan fingerprint density at radius 3 is 2.59 bits per heavy atom. The Morgan fingerprint density at radius 2 is 1.96 bits per heavy atom. The van der Waals surface area contributed by atoms with Crippen LogP contribution in [0.1, 0.15) is 6.92 Å². The van der Waals surface area contributed by atoms with Gasteiger partial charge in [0, 0.05) is 12.2 Å². The van der Waals surface area contributed by atoms with E-state index < -0.39 is 12.0 Å². The van der Waals surface area contributed by atoms with Crippen molar-refractivity contribution in [3.63, 3.8) is 0 Å². The molecule has 2 rings (SSSR count). The molecule has 0 saturated carbocycles. The number of halogens is 2. The van der Waals surface area contributed by atoms with Crippen LogP contribution in [-0.2, 0) is 14.3 Å². The molecule has 1 aromatic rings. The van der Waals surface area contributed by atoms with Gasteiger partial charge in [-0.15, -0.1) is 0 Å². The van der Waals surface area contributed by atoms with Crippen LogP contribution in [0.5, 0.6) is 0 Å². The highest BCUT2D eigenvalue weighted by Crippen LogP contribution is 2.29. The molecular formula is C17H20Cl2N4O4. The van der Waals surface area contributed by atoms with Crippen molar-refractivity contribution in [2.75, 3.05) is 38.6 Å². The number of carbonyl (C=O) groups excluding carboxylic acids is 3. The fourth-order valence-corrected chi connectivity index (χ4v) is 2.94. The largest absolute Gasteiger partial charge is 0.463 e. The molecule has 0 saturated heterocycles. The number of ether oxygens (including phenoxy) is 1. The molecule has 1 heterocycles. The molecule has 0 atom stereocenters. The number of esters is 1. The number of anilines is 1. The number of likely N-dealkylation sites (N-methyl/N-ethyl adjacent to an activating group) is 1. The third-order valence-electron chi connectivity index (χ3n) is 3.64. The molecule has 146 valence electrons. The first kappa shape index (κ1) is 21.0. The molecule has 0 aliphatic carbocycles. The van der Waals surface area contributed by atoms with E-state index in [0.717, 1.165) is 0 Å². The summed E-state index contributed by atoms with van der Waals surface area (Å²) >= 11 is 12.1. The first-order chi connectivity index (χ1) is 12.8. The molecule has 0 bridgehead atoms. The van der Waals surface area contributed by atoms with Crippen LogP contribution < -0.4 is 16.0 Å². The van der Waals surface area contributed by atoms with Crippen molar-refractivity contribution in [3.8, 4) is 0 Å². The third kappa shape index (κ3) is 5.85. The lowest BCUT2D eigenvalue weighted by molar-refractivity contribution is -0.138. The maximum atomic E-state index is 12.3. The minimum absolute atomic E-state index is 0.00947. The van der Waals surface area contributed by atoms with Crippen molar-refractivity contribution in [1.29, 1.82) is 0 Å². The SMILES string of the molecule is CCOC(=O)C1=C(CN(C)CC(=O)Nc2c(Cl)cccc2Cl)NC(=O)NC1. The lowest BCUT2D eigenvalue weighted by Crippen LogP contribution is -2.47. The number of hydrogen-bond donors (Lipinski definition) is 3. The van der Waals surface area contributed by atoms with E-state index in [9.17, 15) is 14.4 Å². The van der Waals surface area contributed by atoms with E-state index in [1.807, 2.05) is 0 Å². The zero-order chi connectivity index (χ0) is 20.0. The summed E-state index contributed by atoms with van der Waals surface area (Å²) in [4.78, 5) is 37.5. The molecule has 27 heavy (non-hydrogen) atoms. The Balaban J connectivity index is 2.04. The molecule has 0 fully saturated rings. The summed E-state index contributed by atoms with van der Waals surface area (Å²) in [5.41, 5.74) is 1.04. The molecule has 0 spiro atoms. The Kier molecular flexibility index (Phi) is 7.46. The maximum absolute atomic E-state index is 12.3. The van der Waals surface area contributed by atoms with Crippen molar-refractivity contribution >= 4 is 46.8 Å². The number of urea groups is 1. The van der Waals surface area contributed by atoms with E-state index in [2.05, 4.69) is 16.0 Å². The smallest absolute Gasteiger partial charge is 0.337 e. The quantitative estimate of drug-likeness (QED) is 0.592. The Labute approximate surface area is 166 Å². The van der Waals surface area contributed by atoms with Gasteiger partial charge in [0.2, 0.25) is 5.91 Å². The second kappa shape index (κ2) is 9.59. The normalized spacial score (nSPS) is 13.9. The zero-order valence-corrected chi connectivity index (χ0v) is 16.4. The van der Waals surface area contributed by atoms with Gasteiger partial charge < -0.3 is 20.7 Å². The number of nitrogens with zero attached hydrogens (tertiary/aromatic N) is 1. The predicted molar refractivity (Wildman–Crippen MR) is 103 cm³/mol. The van der Waals surface area contributed by atoms with Crippen molar-refractivity contribution < 1.29 is 19.1 Å². The maximum Gasteiger partial charge on any atom is 0.337 e. The third-order valence-corrected chi connectivity index (χ3v) is 4.27. The fourth-order valence-electron chi connectivity index (χ4n) is 2.45. The van der Waals surface area contributed by atoms with Gasteiger partial charge in [0.15, 0.2) is 0 Å². The van der Waals surface area contributed by atoms with Gasteiger partial charge in [-0.3, -0.25) is 9.69 Å². The minimum Gasteiger partial charge on any atom is -0.463 e. The Bertz CT molecular complexity index is 762. The van der Waals surface area contributed by atoms with Crippen LogP contribution in [-0.4, -0.2) is 56.1 Å². The number of carbonyl (C=O) groups is 3. The summed E-state index contributed by atoms with van der Waals surface area (Å²) < 4.78 is 5.00. The number of nitrogens with one attached hydrogen (secondary N) is 3. The number of amides is 3. The van der Waals surface area contributed by atoms with Crippen molar-refractivity contribution in [2.45, 2.75) is 6.92 Å². The zero-order valence-electron chi connectivity index (χ0n) is 14.9. The number of rotatable bonds is 7. The van der Waals surface area contributed by atoms with Crippen LogP contribution in [0.25, 0.3) is 0 Å². The highest BCUT2D eigenvalue weighted by Gasteiger charge is 2.24. The van der Waals surface area contributed by atoms with E-state index in [4.69, 9.17) is 27.9 Å². The van der Waals surface area contributed by atoms with Gasteiger partial charge in [-0.1, -0.05) is 29.3 Å². The van der Waals surface area contributed by atoms with Gasteiger partial charge in [0.1, 0.15) is 0 Å². The van der Waals surface area contributed by atoms with Crippen molar-refractivity contribution in [1.82, 2.24) is 15.5 Å². The number of para-hydroxylation sites is 1. The highest BCUT2D eigenvalue weighted by molar-refractivity contribution is 6.39. The summed E-state index contributed by atoms with van der Waals surface area (Å²) in [6, 6.07) is 4.50. The van der Waals surface area contributed by atoms with Crippen molar-refractivity contribution in [2.24, 2.45) is 0 Å². The molecule has 1 aliphatic rings. The summed E-state index contributed by atoms with van der Waals surface area (Å²) in [5.74, 6) is -0.855. The van der Waals surface area contributed by atoms with E-state index in [0.29, 0.717) is 27.0 Å². The van der Waals surface area contributed by atoms with Crippen molar-refractivity contribution in [3.05, 3.63) is 39.5 Å². The lowest BCUT2D eigenvalue weighted by atomic mass is 10.1. The Hall–Kier alpha value is -2.29. The second-order valence-corrected chi connectivity index (χ2v) is 6.62. The highest BCUT2D eigenvalue weighted by atomic mass is 35.5. The van der Waals surface area contributed by atoms with E-state index in [1.165, 1.54) is 0 Å². The summed E-state index contributed by atoms with van der Waals surface area (Å²) in [6.07, 6.45) is 0. The summed E-state index contributed by atoms with van der Waals surface area (Å²) in [6.45, 7) is 2.15. The van der Waals surface area contributed by atoms with Crippen LogP contribution in [0.4, 0.5) is 10.5 Å². The molecular weight excluding hydrogens is 395 g/mol. The molecule has 0 radical (unpaired) electrons. The molecule has 1 aliphatic heterocycles. The molecule has 0 unspecified atom stereocenters. The monoisotopic (exact) mass is 414 g/mol. The summed E-state index contributed by atoms with van der Waals surface area (Å²) in [5, 5.41) is 8.43. The van der Waals surface area contributed by atoms with Gasteiger partial charge in [0.05, 0.1) is 41.0 Å². The fraction of sp³-hybridized carbons (Fsp3) is 0.353. The van der Waals surface area contributed by atoms with Gasteiger partial charge in [0.25, 0.3) is 0 Å². The van der Waals surface area contributed by atoms with Gasteiger partial charge in [-0.05, 0) is 26.1 Å². The number of hydrogen-bond acceptors (Lipinski definition) is 5. The summed E-state index contributed by atoms with van der Waals surface area (Å²) in [7, 11) is 1.68. The number of benzene rings is 1. The standard InChI is InChI=1S/C17H20Cl2N4O4/c1-3-27-16(25)10-7-20-17(26)21-13(10)8-23(2)9-14(24)22-15-11(18)5-4-6-12(15)19/h4-6H,3,7-9H2,1-2H3,(H,22,24)(H2,20,21,26). The molecule has 8 nitrogen and oxygen atoms in total. The molecule has 3 N–H and O–H groups in total. The average molecular weight is 415 g/mol. The van der Waals surface area contributed by atoms with Gasteiger partial charge >= 0.3 is 12.0 Å². The average Bonchev–Trinajstić information content (AvgIpc) is 2.58. The molecule has 1 aromatic carbocycles. The van der Waals surface area contributed by atoms with Crippen LogP contribution in [0.2, 0.25) is 10.0 Å². The lowest BCUT2D eigenvalue weighted by Gasteiger charge is -2.25. The van der Waals surface area contributed by atoms with Crippen LogP contribution in [0.3, 0.4) is 0 Å². The van der Waals surface area contributed by atoms with E-state index in [1.54, 1.807) is 37.1 Å².